The Morgan fingerprint density at radius 1 is 1.14 bits per heavy atom. The van der Waals surface area contributed by atoms with Gasteiger partial charge in [0.1, 0.15) is 0 Å². The third kappa shape index (κ3) is 5.25. The number of hydrogen-bond donors (Lipinski definition) is 1. The van der Waals surface area contributed by atoms with Crippen molar-refractivity contribution in [2.24, 2.45) is 17.6 Å². The fourth-order valence-electron chi connectivity index (χ4n) is 2.99. The van der Waals surface area contributed by atoms with Gasteiger partial charge in [0.25, 0.3) is 0 Å². The number of aromatic nitrogens is 2. The first-order valence-electron chi connectivity index (χ1n) is 8.13. The number of anilines is 1. The van der Waals surface area contributed by atoms with Crippen molar-refractivity contribution in [3.63, 3.8) is 0 Å². The summed E-state index contributed by atoms with van der Waals surface area (Å²) >= 11 is 0. The van der Waals surface area contributed by atoms with Crippen molar-refractivity contribution >= 4 is 5.95 Å². The summed E-state index contributed by atoms with van der Waals surface area (Å²) in [5, 5.41) is 0. The van der Waals surface area contributed by atoms with Gasteiger partial charge >= 0.3 is 0 Å². The molecule has 0 amide bonds. The molecular formula is C16H29N5. The molecule has 0 saturated carbocycles. The smallest absolute Gasteiger partial charge is 0.225 e. The molecule has 1 aliphatic rings. The highest BCUT2D eigenvalue weighted by atomic mass is 15.3. The molecule has 2 rings (SSSR count). The summed E-state index contributed by atoms with van der Waals surface area (Å²) in [5.74, 6) is 2.27. The van der Waals surface area contributed by atoms with E-state index in [2.05, 4.69) is 33.6 Å². The van der Waals surface area contributed by atoms with Crippen LogP contribution in [-0.2, 0) is 0 Å². The summed E-state index contributed by atoms with van der Waals surface area (Å²) in [6.07, 6.45) is 6.09. The predicted molar refractivity (Wildman–Crippen MR) is 87.3 cm³/mol. The van der Waals surface area contributed by atoms with Crippen molar-refractivity contribution in [1.29, 1.82) is 0 Å². The lowest BCUT2D eigenvalue weighted by Gasteiger charge is -2.35. The van der Waals surface area contributed by atoms with Crippen molar-refractivity contribution in [3.05, 3.63) is 18.5 Å². The highest BCUT2D eigenvalue weighted by Crippen LogP contribution is 2.16. The van der Waals surface area contributed by atoms with E-state index in [1.807, 2.05) is 18.5 Å². The Morgan fingerprint density at radius 2 is 1.81 bits per heavy atom. The highest BCUT2D eigenvalue weighted by Gasteiger charge is 2.19. The van der Waals surface area contributed by atoms with Crippen LogP contribution in [0.25, 0.3) is 0 Å². The Kier molecular flexibility index (Phi) is 6.39. The first kappa shape index (κ1) is 16.2. The van der Waals surface area contributed by atoms with E-state index < -0.39 is 0 Å². The minimum atomic E-state index is 0.667. The molecule has 2 heterocycles. The minimum Gasteiger partial charge on any atom is -0.338 e. The number of nitrogens with zero attached hydrogens (tertiary/aromatic N) is 4. The van der Waals surface area contributed by atoms with Crippen molar-refractivity contribution in [3.8, 4) is 0 Å². The highest BCUT2D eigenvalue weighted by molar-refractivity contribution is 5.29. The standard InChI is InChI=1S/C16H29N5/c1-14(2)12-15(13-17)4-7-20-8-10-21(11-9-20)16-18-5-3-6-19-16/h3,5-6,14-15H,4,7-13,17H2,1-2H3. The van der Waals surface area contributed by atoms with E-state index >= 15 is 0 Å². The second kappa shape index (κ2) is 8.29. The molecule has 1 saturated heterocycles. The SMILES string of the molecule is CC(C)CC(CN)CCN1CCN(c2ncccn2)CC1. The van der Waals surface area contributed by atoms with Gasteiger partial charge in [0, 0.05) is 38.6 Å². The first-order chi connectivity index (χ1) is 10.2. The number of nitrogens with two attached hydrogens (primary N) is 1. The second-order valence-corrected chi connectivity index (χ2v) is 6.40. The van der Waals surface area contributed by atoms with Crippen LogP contribution in [0.3, 0.4) is 0 Å². The van der Waals surface area contributed by atoms with Crippen LogP contribution in [0.4, 0.5) is 5.95 Å². The first-order valence-corrected chi connectivity index (χ1v) is 8.13. The lowest BCUT2D eigenvalue weighted by molar-refractivity contribution is 0.230. The van der Waals surface area contributed by atoms with Crippen LogP contribution in [0.1, 0.15) is 26.7 Å². The van der Waals surface area contributed by atoms with Gasteiger partial charge in [0.2, 0.25) is 5.95 Å². The Balaban J connectivity index is 1.72. The average molecular weight is 291 g/mol. The molecule has 1 atom stereocenters. The Hall–Kier alpha value is -1.20. The Morgan fingerprint density at radius 3 is 2.38 bits per heavy atom. The summed E-state index contributed by atoms with van der Waals surface area (Å²) in [4.78, 5) is 13.5. The Bertz CT molecular complexity index is 387. The maximum absolute atomic E-state index is 5.89. The molecule has 0 bridgehead atoms. The zero-order chi connectivity index (χ0) is 15.1. The fourth-order valence-corrected chi connectivity index (χ4v) is 2.99. The van der Waals surface area contributed by atoms with Crippen molar-refractivity contribution in [2.75, 3.05) is 44.2 Å². The van der Waals surface area contributed by atoms with E-state index in [4.69, 9.17) is 5.73 Å². The second-order valence-electron chi connectivity index (χ2n) is 6.40. The average Bonchev–Trinajstić information content (AvgIpc) is 2.52. The van der Waals surface area contributed by atoms with Gasteiger partial charge < -0.3 is 10.6 Å². The molecular weight excluding hydrogens is 262 g/mol. The van der Waals surface area contributed by atoms with E-state index in [-0.39, 0.29) is 0 Å². The van der Waals surface area contributed by atoms with Crippen LogP contribution in [0.5, 0.6) is 0 Å². The molecule has 1 aromatic rings. The molecule has 5 heteroatoms. The van der Waals surface area contributed by atoms with E-state index in [0.29, 0.717) is 5.92 Å². The van der Waals surface area contributed by atoms with Gasteiger partial charge in [-0.15, -0.1) is 0 Å². The summed E-state index contributed by atoms with van der Waals surface area (Å²) in [7, 11) is 0. The van der Waals surface area contributed by atoms with Gasteiger partial charge in [0.15, 0.2) is 0 Å². The molecule has 5 nitrogen and oxygen atoms in total. The molecule has 1 aromatic heterocycles. The summed E-state index contributed by atoms with van der Waals surface area (Å²) in [6.45, 7) is 10.8. The zero-order valence-corrected chi connectivity index (χ0v) is 13.4. The molecule has 1 unspecified atom stereocenters. The fraction of sp³-hybridized carbons (Fsp3) is 0.750. The van der Waals surface area contributed by atoms with Gasteiger partial charge in [-0.05, 0) is 43.8 Å². The third-order valence-electron chi connectivity index (χ3n) is 4.20. The summed E-state index contributed by atoms with van der Waals surface area (Å²) < 4.78 is 0. The van der Waals surface area contributed by atoms with Crippen LogP contribution < -0.4 is 10.6 Å². The van der Waals surface area contributed by atoms with E-state index in [9.17, 15) is 0 Å². The normalized spacial score (nSPS) is 18.2. The van der Waals surface area contributed by atoms with E-state index in [1.165, 1.54) is 12.8 Å². The van der Waals surface area contributed by atoms with Crippen molar-refractivity contribution in [2.45, 2.75) is 26.7 Å². The summed E-state index contributed by atoms with van der Waals surface area (Å²) in [6, 6.07) is 1.86. The molecule has 0 spiro atoms. The topological polar surface area (TPSA) is 58.3 Å². The van der Waals surface area contributed by atoms with Crippen LogP contribution in [-0.4, -0.2) is 54.1 Å². The third-order valence-corrected chi connectivity index (χ3v) is 4.20. The lowest BCUT2D eigenvalue weighted by atomic mass is 9.94. The molecule has 1 fully saturated rings. The maximum atomic E-state index is 5.89. The quantitative estimate of drug-likeness (QED) is 0.827. The monoisotopic (exact) mass is 291 g/mol. The Labute approximate surface area is 128 Å². The number of rotatable bonds is 7. The predicted octanol–water partition coefficient (Wildman–Crippen LogP) is 1.61. The molecule has 2 N–H and O–H groups in total. The van der Waals surface area contributed by atoms with Crippen LogP contribution in [0.2, 0.25) is 0 Å². The molecule has 1 aliphatic heterocycles. The molecule has 21 heavy (non-hydrogen) atoms. The minimum absolute atomic E-state index is 0.667. The van der Waals surface area contributed by atoms with Crippen LogP contribution in [0, 0.1) is 11.8 Å². The van der Waals surface area contributed by atoms with Crippen molar-refractivity contribution in [1.82, 2.24) is 14.9 Å². The van der Waals surface area contributed by atoms with Crippen molar-refractivity contribution < 1.29 is 0 Å². The zero-order valence-electron chi connectivity index (χ0n) is 13.4. The van der Waals surface area contributed by atoms with Gasteiger partial charge in [0.05, 0.1) is 0 Å². The maximum Gasteiger partial charge on any atom is 0.225 e. The van der Waals surface area contributed by atoms with E-state index in [0.717, 1.165) is 51.1 Å². The van der Waals surface area contributed by atoms with Gasteiger partial charge in [-0.1, -0.05) is 13.8 Å². The van der Waals surface area contributed by atoms with Gasteiger partial charge in [-0.2, -0.15) is 0 Å². The van der Waals surface area contributed by atoms with Crippen LogP contribution >= 0.6 is 0 Å². The van der Waals surface area contributed by atoms with Gasteiger partial charge in [-0.25, -0.2) is 9.97 Å². The largest absolute Gasteiger partial charge is 0.338 e. The lowest BCUT2D eigenvalue weighted by Crippen LogP contribution is -2.47. The van der Waals surface area contributed by atoms with E-state index in [1.54, 1.807) is 0 Å². The number of hydrogen-bond acceptors (Lipinski definition) is 5. The molecule has 0 aliphatic carbocycles. The molecule has 0 aromatic carbocycles. The number of piperazine rings is 1. The van der Waals surface area contributed by atoms with Gasteiger partial charge in [-0.3, -0.25) is 4.90 Å². The molecule has 118 valence electrons. The molecule has 0 radical (unpaired) electrons. The van der Waals surface area contributed by atoms with Crippen LogP contribution in [0.15, 0.2) is 18.5 Å². The summed E-state index contributed by atoms with van der Waals surface area (Å²) in [5.41, 5.74) is 5.89.